The van der Waals surface area contributed by atoms with Crippen LogP contribution in [0.4, 0.5) is 0 Å². The van der Waals surface area contributed by atoms with Gasteiger partial charge in [0.2, 0.25) is 0 Å². The van der Waals surface area contributed by atoms with Crippen LogP contribution >= 0.6 is 23.5 Å². The molecule has 7 N–H and O–H groups in total. The van der Waals surface area contributed by atoms with Gasteiger partial charge in [-0.2, -0.15) is 8.62 Å². The molecule has 0 aliphatic carbocycles. The van der Waals surface area contributed by atoms with Crippen LogP contribution in [-0.4, -0.2) is 70.7 Å². The Kier molecular flexibility index (Phi) is 7.15. The number of nitrogens with zero attached hydrogens (tertiary/aromatic N) is 1. The highest BCUT2D eigenvalue weighted by Gasteiger charge is 2.61. The Morgan fingerprint density at radius 1 is 1.19 bits per heavy atom. The monoisotopic (exact) mass is 510 g/mol. The van der Waals surface area contributed by atoms with Crippen molar-refractivity contribution in [1.82, 2.24) is 10.2 Å². The van der Waals surface area contributed by atoms with Gasteiger partial charge in [0.1, 0.15) is 23.1 Å². The predicted molar refractivity (Wildman–Crippen MR) is 98.0 cm³/mol. The van der Waals surface area contributed by atoms with Crippen molar-refractivity contribution in [2.24, 2.45) is 0 Å². The van der Waals surface area contributed by atoms with Crippen LogP contribution in [0, 0.1) is 0 Å². The summed E-state index contributed by atoms with van der Waals surface area (Å²) in [7, 11) is -16.8. The number of phosphoric ester groups is 1. The molecule has 6 atom stereocenters. The maximum absolute atomic E-state index is 11.9. The Bertz CT molecular complexity index is 930. The molecule has 0 spiro atoms. The van der Waals surface area contributed by atoms with Crippen molar-refractivity contribution < 1.29 is 66.2 Å². The molecule has 3 unspecified atom stereocenters. The number of aliphatic hydroxyl groups excluding tert-OH is 1. The molecule has 1 fully saturated rings. The van der Waals surface area contributed by atoms with E-state index < -0.39 is 59.5 Å². The number of amides is 1. The molecule has 2 aliphatic rings. The third-order valence-electron chi connectivity index (χ3n) is 4.16. The summed E-state index contributed by atoms with van der Waals surface area (Å²) in [6.07, 6.45) is -0.860. The quantitative estimate of drug-likeness (QED) is 0.193. The van der Waals surface area contributed by atoms with Gasteiger partial charge in [-0.1, -0.05) is 6.58 Å². The first-order valence-electron chi connectivity index (χ1n) is 8.11. The zero-order valence-corrected chi connectivity index (χ0v) is 18.6. The van der Waals surface area contributed by atoms with Gasteiger partial charge in [0.25, 0.3) is 5.91 Å². The third kappa shape index (κ3) is 6.30. The van der Waals surface area contributed by atoms with Gasteiger partial charge >= 0.3 is 23.5 Å². The Hall–Kier alpha value is -0.960. The van der Waals surface area contributed by atoms with E-state index in [0.29, 0.717) is 0 Å². The Morgan fingerprint density at radius 2 is 1.77 bits per heavy atom. The van der Waals surface area contributed by atoms with Crippen LogP contribution in [-0.2, 0) is 36.4 Å². The van der Waals surface area contributed by atoms with E-state index in [0.717, 1.165) is 19.9 Å². The number of carbonyl (C=O) groups excluding carboxylic acids is 1. The number of carbonyl (C=O) groups is 1. The molecule has 19 heteroatoms. The Labute approximate surface area is 175 Å². The van der Waals surface area contributed by atoms with E-state index in [9.17, 15) is 33.6 Å². The SMILES string of the molecule is C=C1NC(=O)C=CN1[C@@H]1O[C@](C)(COP(=O)(O)OP(=O)(O)OP(=O)(O)O)[C@H](O)C1(C)O. The predicted octanol–water partition coefficient (Wildman–Crippen LogP) is -1.03. The highest BCUT2D eigenvalue weighted by molar-refractivity contribution is 7.66. The van der Waals surface area contributed by atoms with Crippen LogP contribution < -0.4 is 5.32 Å². The highest BCUT2D eigenvalue weighted by atomic mass is 31.3. The van der Waals surface area contributed by atoms with E-state index in [1.807, 2.05) is 0 Å². The number of hydrogen-bond acceptors (Lipinski definition) is 11. The van der Waals surface area contributed by atoms with E-state index in [1.54, 1.807) is 0 Å². The molecule has 0 aromatic rings. The molecule has 0 radical (unpaired) electrons. The van der Waals surface area contributed by atoms with E-state index in [4.69, 9.17) is 19.4 Å². The van der Waals surface area contributed by atoms with E-state index in [2.05, 4.69) is 25.0 Å². The number of hydrogen-bond donors (Lipinski definition) is 7. The minimum atomic E-state index is -5.73. The number of nitrogens with one attached hydrogen (secondary N) is 1. The van der Waals surface area contributed by atoms with Crippen molar-refractivity contribution in [3.05, 3.63) is 24.7 Å². The van der Waals surface area contributed by atoms with Gasteiger partial charge in [0, 0.05) is 12.3 Å². The van der Waals surface area contributed by atoms with Gasteiger partial charge in [0.15, 0.2) is 6.23 Å². The van der Waals surface area contributed by atoms with Gasteiger partial charge in [-0.15, -0.1) is 0 Å². The summed E-state index contributed by atoms with van der Waals surface area (Å²) >= 11 is 0. The van der Waals surface area contributed by atoms with Crippen molar-refractivity contribution in [3.63, 3.8) is 0 Å². The smallest absolute Gasteiger partial charge is 0.387 e. The normalized spacial score (nSPS) is 35.5. The van der Waals surface area contributed by atoms with Crippen molar-refractivity contribution >= 4 is 29.4 Å². The van der Waals surface area contributed by atoms with Crippen LogP contribution in [0.25, 0.3) is 0 Å². The average Bonchev–Trinajstić information content (AvgIpc) is 2.71. The molecule has 2 rings (SSSR count). The first-order chi connectivity index (χ1) is 13.8. The third-order valence-corrected chi connectivity index (χ3v) is 7.94. The molecular formula is C12H21N2O14P3. The maximum atomic E-state index is 11.9. The fourth-order valence-corrected chi connectivity index (χ4v) is 5.98. The average molecular weight is 510 g/mol. The number of ether oxygens (including phenoxy) is 1. The van der Waals surface area contributed by atoms with E-state index in [-0.39, 0.29) is 5.82 Å². The van der Waals surface area contributed by atoms with Gasteiger partial charge < -0.3 is 44.7 Å². The lowest BCUT2D eigenvalue weighted by molar-refractivity contribution is -0.135. The van der Waals surface area contributed by atoms with Crippen molar-refractivity contribution in [1.29, 1.82) is 0 Å². The summed E-state index contributed by atoms with van der Waals surface area (Å²) in [6.45, 7) is 4.89. The molecule has 0 aromatic heterocycles. The highest BCUT2D eigenvalue weighted by Crippen LogP contribution is 2.66. The minimum absolute atomic E-state index is 0.0119. The first kappa shape index (κ1) is 26.3. The Morgan fingerprint density at radius 3 is 2.29 bits per heavy atom. The molecular weight excluding hydrogens is 489 g/mol. The van der Waals surface area contributed by atoms with Crippen molar-refractivity contribution in [2.45, 2.75) is 37.4 Å². The van der Waals surface area contributed by atoms with Crippen molar-refractivity contribution in [3.8, 4) is 0 Å². The topological polar surface area (TPSA) is 242 Å². The molecule has 2 aliphatic heterocycles. The number of aliphatic hydroxyl groups is 2. The van der Waals surface area contributed by atoms with Crippen LogP contribution in [0.2, 0.25) is 0 Å². The Balaban J connectivity index is 2.16. The minimum Gasteiger partial charge on any atom is -0.387 e. The second-order valence-electron chi connectivity index (χ2n) is 6.93. The molecule has 2 heterocycles. The zero-order chi connectivity index (χ0) is 24.0. The second-order valence-corrected chi connectivity index (χ2v) is 11.4. The fraction of sp³-hybridized carbons (Fsp3) is 0.583. The van der Waals surface area contributed by atoms with Crippen LogP contribution in [0.5, 0.6) is 0 Å². The molecule has 16 nitrogen and oxygen atoms in total. The summed E-state index contributed by atoms with van der Waals surface area (Å²) in [4.78, 5) is 48.3. The van der Waals surface area contributed by atoms with Gasteiger partial charge in [-0.05, 0) is 13.8 Å². The number of phosphoric acid groups is 3. The van der Waals surface area contributed by atoms with Gasteiger partial charge in [0.05, 0.1) is 6.61 Å². The summed E-state index contributed by atoms with van der Waals surface area (Å²) in [5.41, 5.74) is -3.97. The first-order valence-corrected chi connectivity index (χ1v) is 12.6. The van der Waals surface area contributed by atoms with Crippen LogP contribution in [0.1, 0.15) is 13.8 Å². The summed E-state index contributed by atoms with van der Waals surface area (Å²) in [5.74, 6) is -0.517. The standard InChI is InChI=1S/C12H21N2O14P3/c1-7-13-8(15)4-5-14(7)10-12(3,17)9(16)11(2,26-10)6-25-30(21,22)28-31(23,24)27-29(18,19)20/h4-5,9-10,16-17H,1,6H2,2-3H3,(H,13,15)(H,21,22)(H,23,24)(H2,18,19,20)/t9-,10+,11+,12?/m0/s1. The summed E-state index contributed by atoms with van der Waals surface area (Å²) in [6, 6.07) is 0. The lowest BCUT2D eigenvalue weighted by Crippen LogP contribution is -2.54. The number of rotatable bonds is 8. The fourth-order valence-electron chi connectivity index (χ4n) is 2.86. The van der Waals surface area contributed by atoms with Crippen LogP contribution in [0.3, 0.4) is 0 Å². The summed E-state index contributed by atoms with van der Waals surface area (Å²) < 4.78 is 51.2. The molecule has 178 valence electrons. The second kappa shape index (κ2) is 8.43. The maximum Gasteiger partial charge on any atom is 0.490 e. The molecule has 0 bridgehead atoms. The van der Waals surface area contributed by atoms with Gasteiger partial charge in [-0.25, -0.2) is 13.7 Å². The lowest BCUT2D eigenvalue weighted by atomic mass is 9.89. The molecule has 0 aromatic carbocycles. The zero-order valence-electron chi connectivity index (χ0n) is 16.0. The van der Waals surface area contributed by atoms with E-state index in [1.165, 1.54) is 11.1 Å². The van der Waals surface area contributed by atoms with E-state index >= 15 is 0 Å². The van der Waals surface area contributed by atoms with Crippen LogP contribution in [0.15, 0.2) is 24.7 Å². The van der Waals surface area contributed by atoms with Crippen molar-refractivity contribution in [2.75, 3.05) is 6.61 Å². The summed E-state index contributed by atoms with van der Waals surface area (Å²) in [5, 5.41) is 23.6. The molecule has 1 saturated heterocycles. The largest absolute Gasteiger partial charge is 0.490 e. The lowest BCUT2D eigenvalue weighted by Gasteiger charge is -2.37. The molecule has 0 saturated carbocycles. The molecule has 1 amide bonds. The molecule has 31 heavy (non-hydrogen) atoms. The van der Waals surface area contributed by atoms with Gasteiger partial charge in [-0.3, -0.25) is 9.32 Å².